The molecule has 2 aliphatic carbocycles. The van der Waals surface area contributed by atoms with Gasteiger partial charge in [-0.25, -0.2) is 0 Å². The van der Waals surface area contributed by atoms with Crippen molar-refractivity contribution in [3.63, 3.8) is 0 Å². The van der Waals surface area contributed by atoms with Gasteiger partial charge in [-0.1, -0.05) is 0 Å². The minimum atomic E-state index is -3.36. The molecule has 0 heterocycles. The highest BCUT2D eigenvalue weighted by Gasteiger charge is 2.45. The Balaban J connectivity index is 1.92. The molecule has 2 rings (SSSR count). The standard InChI is InChI=1S/C9H14O4S/c1-14(11,12)13-5-7-2-6-3-8(7)9(10)4-6/h6-8H,2-5H2,1H3. The molecule has 2 bridgehead atoms. The lowest BCUT2D eigenvalue weighted by atomic mass is 9.89. The van der Waals surface area contributed by atoms with Crippen LogP contribution in [0.2, 0.25) is 0 Å². The molecule has 0 radical (unpaired) electrons. The molecule has 0 amide bonds. The van der Waals surface area contributed by atoms with Gasteiger partial charge in [0.25, 0.3) is 10.1 Å². The fourth-order valence-corrected chi connectivity index (χ4v) is 3.05. The summed E-state index contributed by atoms with van der Waals surface area (Å²) in [6, 6.07) is 0. The van der Waals surface area contributed by atoms with Crippen molar-refractivity contribution in [1.29, 1.82) is 0 Å². The van der Waals surface area contributed by atoms with Gasteiger partial charge in [0.2, 0.25) is 0 Å². The number of hydrogen-bond donors (Lipinski definition) is 0. The van der Waals surface area contributed by atoms with E-state index in [1.165, 1.54) is 0 Å². The molecule has 5 heteroatoms. The number of rotatable bonds is 3. The van der Waals surface area contributed by atoms with Crippen LogP contribution in [0.1, 0.15) is 19.3 Å². The summed E-state index contributed by atoms with van der Waals surface area (Å²) in [5.41, 5.74) is 0. The van der Waals surface area contributed by atoms with Crippen molar-refractivity contribution in [3.8, 4) is 0 Å². The van der Waals surface area contributed by atoms with Gasteiger partial charge in [-0.2, -0.15) is 8.42 Å². The van der Waals surface area contributed by atoms with Gasteiger partial charge in [-0.3, -0.25) is 8.98 Å². The maximum Gasteiger partial charge on any atom is 0.264 e. The third kappa shape index (κ3) is 1.98. The normalized spacial score (nSPS) is 36.6. The Morgan fingerprint density at radius 2 is 2.14 bits per heavy atom. The summed E-state index contributed by atoms with van der Waals surface area (Å²) in [6.07, 6.45) is 3.63. The summed E-state index contributed by atoms with van der Waals surface area (Å²) in [5, 5.41) is 0. The summed E-state index contributed by atoms with van der Waals surface area (Å²) in [7, 11) is -3.36. The molecule has 2 fully saturated rings. The zero-order chi connectivity index (χ0) is 10.3. The van der Waals surface area contributed by atoms with E-state index in [9.17, 15) is 13.2 Å². The third-order valence-electron chi connectivity index (χ3n) is 3.19. The van der Waals surface area contributed by atoms with Crippen LogP contribution in [0.5, 0.6) is 0 Å². The molecule has 14 heavy (non-hydrogen) atoms. The van der Waals surface area contributed by atoms with Crippen LogP contribution in [0.25, 0.3) is 0 Å². The molecule has 0 spiro atoms. The summed E-state index contributed by atoms with van der Waals surface area (Å²) >= 11 is 0. The average Bonchev–Trinajstić information content (AvgIpc) is 2.56. The first-order valence-electron chi connectivity index (χ1n) is 4.83. The Bertz CT molecular complexity index is 346. The topological polar surface area (TPSA) is 60.4 Å². The SMILES string of the molecule is CS(=O)(=O)OCC1CC2CC(=O)C1C2. The first kappa shape index (κ1) is 10.1. The smallest absolute Gasteiger partial charge is 0.264 e. The van der Waals surface area contributed by atoms with Crippen molar-refractivity contribution in [2.45, 2.75) is 19.3 Å². The molecule has 0 aromatic rings. The molecule has 3 atom stereocenters. The van der Waals surface area contributed by atoms with Crippen LogP contribution in [0.3, 0.4) is 0 Å². The van der Waals surface area contributed by atoms with Crippen LogP contribution in [0, 0.1) is 17.8 Å². The van der Waals surface area contributed by atoms with Gasteiger partial charge in [-0.15, -0.1) is 0 Å². The van der Waals surface area contributed by atoms with Gasteiger partial charge in [-0.05, 0) is 24.7 Å². The predicted molar refractivity (Wildman–Crippen MR) is 50.1 cm³/mol. The summed E-state index contributed by atoms with van der Waals surface area (Å²) < 4.78 is 26.3. The Hall–Kier alpha value is -0.420. The van der Waals surface area contributed by atoms with E-state index in [1.54, 1.807) is 0 Å². The Morgan fingerprint density at radius 3 is 2.64 bits per heavy atom. The highest BCUT2D eigenvalue weighted by atomic mass is 32.2. The first-order chi connectivity index (χ1) is 6.46. The van der Waals surface area contributed by atoms with E-state index in [1.807, 2.05) is 0 Å². The molecule has 0 aliphatic heterocycles. The van der Waals surface area contributed by atoms with Crippen molar-refractivity contribution < 1.29 is 17.4 Å². The van der Waals surface area contributed by atoms with Gasteiger partial charge < -0.3 is 0 Å². The molecule has 0 aromatic heterocycles. The van der Waals surface area contributed by atoms with Crippen LogP contribution in [-0.2, 0) is 19.1 Å². The lowest BCUT2D eigenvalue weighted by Crippen LogP contribution is -2.24. The van der Waals surface area contributed by atoms with Crippen LogP contribution in [-0.4, -0.2) is 27.1 Å². The second-order valence-corrected chi connectivity index (χ2v) is 6.01. The number of fused-ring (bicyclic) bond motifs is 2. The Morgan fingerprint density at radius 1 is 1.43 bits per heavy atom. The van der Waals surface area contributed by atoms with E-state index in [-0.39, 0.29) is 18.4 Å². The van der Waals surface area contributed by atoms with Gasteiger partial charge in [0, 0.05) is 12.3 Å². The van der Waals surface area contributed by atoms with Crippen LogP contribution in [0.4, 0.5) is 0 Å². The molecular formula is C9H14O4S. The highest BCUT2D eigenvalue weighted by Crippen LogP contribution is 2.46. The number of hydrogen-bond acceptors (Lipinski definition) is 4. The molecule has 80 valence electrons. The largest absolute Gasteiger partial charge is 0.299 e. The Labute approximate surface area is 83.8 Å². The fourth-order valence-electron chi connectivity index (χ4n) is 2.63. The number of ketones is 1. The molecule has 0 N–H and O–H groups in total. The zero-order valence-electron chi connectivity index (χ0n) is 8.10. The van der Waals surface area contributed by atoms with E-state index < -0.39 is 10.1 Å². The highest BCUT2D eigenvalue weighted by molar-refractivity contribution is 7.85. The quantitative estimate of drug-likeness (QED) is 0.650. The van der Waals surface area contributed by atoms with Gasteiger partial charge in [0.15, 0.2) is 0 Å². The van der Waals surface area contributed by atoms with Crippen molar-refractivity contribution in [3.05, 3.63) is 0 Å². The van der Waals surface area contributed by atoms with E-state index in [4.69, 9.17) is 4.18 Å². The maximum atomic E-state index is 11.4. The van der Waals surface area contributed by atoms with Crippen LogP contribution < -0.4 is 0 Å². The second kappa shape index (κ2) is 3.31. The van der Waals surface area contributed by atoms with Crippen molar-refractivity contribution >= 4 is 15.9 Å². The van der Waals surface area contributed by atoms with Crippen molar-refractivity contribution in [2.75, 3.05) is 12.9 Å². The minimum Gasteiger partial charge on any atom is -0.299 e. The molecule has 0 saturated heterocycles. The molecule has 0 aromatic carbocycles. The van der Waals surface area contributed by atoms with Gasteiger partial charge >= 0.3 is 0 Å². The fraction of sp³-hybridized carbons (Fsp3) is 0.889. The average molecular weight is 218 g/mol. The van der Waals surface area contributed by atoms with E-state index in [0.717, 1.165) is 19.1 Å². The molecule has 4 nitrogen and oxygen atoms in total. The minimum absolute atomic E-state index is 0.0711. The van der Waals surface area contributed by atoms with Crippen molar-refractivity contribution in [1.82, 2.24) is 0 Å². The molecule has 3 unspecified atom stereocenters. The number of carbonyl (C=O) groups is 1. The summed E-state index contributed by atoms with van der Waals surface area (Å²) in [5.74, 6) is 0.988. The summed E-state index contributed by atoms with van der Waals surface area (Å²) in [6.45, 7) is 0.186. The van der Waals surface area contributed by atoms with E-state index in [2.05, 4.69) is 0 Å². The zero-order valence-corrected chi connectivity index (χ0v) is 8.92. The van der Waals surface area contributed by atoms with Crippen LogP contribution >= 0.6 is 0 Å². The number of carbonyl (C=O) groups excluding carboxylic acids is 1. The third-order valence-corrected chi connectivity index (χ3v) is 3.76. The lowest BCUT2D eigenvalue weighted by Gasteiger charge is -2.19. The Kier molecular flexibility index (Phi) is 2.39. The summed E-state index contributed by atoms with van der Waals surface area (Å²) in [4.78, 5) is 11.4. The first-order valence-corrected chi connectivity index (χ1v) is 6.64. The van der Waals surface area contributed by atoms with Crippen molar-refractivity contribution in [2.24, 2.45) is 17.8 Å². The second-order valence-electron chi connectivity index (χ2n) is 4.36. The molecule has 2 aliphatic rings. The lowest BCUT2D eigenvalue weighted by molar-refractivity contribution is -0.123. The van der Waals surface area contributed by atoms with Gasteiger partial charge in [0.1, 0.15) is 5.78 Å². The van der Waals surface area contributed by atoms with Gasteiger partial charge in [0.05, 0.1) is 12.9 Å². The molecular weight excluding hydrogens is 204 g/mol. The molecule has 2 saturated carbocycles. The van der Waals surface area contributed by atoms with E-state index in [0.29, 0.717) is 18.1 Å². The predicted octanol–water partition coefficient (Wildman–Crippen LogP) is 0.578. The van der Waals surface area contributed by atoms with Crippen LogP contribution in [0.15, 0.2) is 0 Å². The number of Topliss-reactive ketones (excluding diaryl/α,β-unsaturated/α-hetero) is 1. The van der Waals surface area contributed by atoms with E-state index >= 15 is 0 Å². The maximum absolute atomic E-state index is 11.4. The monoisotopic (exact) mass is 218 g/mol.